The number of aldehydes is 1. The van der Waals surface area contributed by atoms with Crippen LogP contribution >= 0.6 is 0 Å². The van der Waals surface area contributed by atoms with E-state index in [1.165, 1.54) is 0 Å². The van der Waals surface area contributed by atoms with Crippen molar-refractivity contribution in [2.24, 2.45) is 0 Å². The summed E-state index contributed by atoms with van der Waals surface area (Å²) >= 11 is 0. The van der Waals surface area contributed by atoms with Crippen molar-refractivity contribution in [3.63, 3.8) is 0 Å². The number of carbonyl (C=O) groups excluding carboxylic acids is 1. The number of hydrogen-bond acceptors (Lipinski definition) is 2. The van der Waals surface area contributed by atoms with Gasteiger partial charge in [-0.25, -0.2) is 4.79 Å². The zero-order valence-electron chi connectivity index (χ0n) is 10.1. The van der Waals surface area contributed by atoms with Crippen molar-refractivity contribution in [2.45, 2.75) is 32.7 Å². The Bertz CT molecular complexity index is 593. The van der Waals surface area contributed by atoms with E-state index in [-0.39, 0.29) is 11.7 Å². The smallest absolute Gasteiger partial charge is 0.306 e. The molecule has 0 bridgehead atoms. The van der Waals surface area contributed by atoms with Crippen LogP contribution in [-0.4, -0.2) is 15.8 Å². The zero-order chi connectivity index (χ0) is 12.4. The van der Waals surface area contributed by atoms with Crippen LogP contribution in [0.1, 0.15) is 31.9 Å². The number of carbonyl (C=O) groups is 1. The fraction of sp³-hybridized carbons (Fsp3) is 0.385. The molecule has 0 amide bonds. The quantitative estimate of drug-likeness (QED) is 0.820. The van der Waals surface area contributed by atoms with Crippen LogP contribution in [0.2, 0.25) is 0 Å². The average molecular weight is 232 g/mol. The molecular formula is C13H16N2O2. The Morgan fingerprint density at radius 2 is 2.18 bits per heavy atom. The van der Waals surface area contributed by atoms with Gasteiger partial charge in [0.1, 0.15) is 6.29 Å². The average Bonchev–Trinajstić information content (AvgIpc) is 2.61. The number of aryl methyl sites for hydroxylation is 1. The van der Waals surface area contributed by atoms with Gasteiger partial charge in [0.15, 0.2) is 0 Å². The summed E-state index contributed by atoms with van der Waals surface area (Å²) in [5.74, 6) is 0. The molecule has 4 heteroatoms. The van der Waals surface area contributed by atoms with Crippen molar-refractivity contribution in [2.75, 3.05) is 0 Å². The van der Waals surface area contributed by atoms with E-state index in [9.17, 15) is 9.59 Å². The van der Waals surface area contributed by atoms with Gasteiger partial charge in [-0.1, -0.05) is 6.07 Å². The number of fused-ring (bicyclic) bond motifs is 1. The Hall–Kier alpha value is -1.84. The summed E-state index contributed by atoms with van der Waals surface area (Å²) < 4.78 is 1.73. The molecule has 2 aromatic rings. The van der Waals surface area contributed by atoms with Gasteiger partial charge < -0.3 is 9.78 Å². The lowest BCUT2D eigenvalue weighted by Crippen LogP contribution is -2.18. The van der Waals surface area contributed by atoms with Crippen molar-refractivity contribution in [1.29, 1.82) is 0 Å². The van der Waals surface area contributed by atoms with E-state index in [2.05, 4.69) is 4.98 Å². The molecule has 0 unspecified atom stereocenters. The van der Waals surface area contributed by atoms with Crippen LogP contribution < -0.4 is 5.69 Å². The molecule has 90 valence electrons. The highest BCUT2D eigenvalue weighted by molar-refractivity contribution is 5.76. The van der Waals surface area contributed by atoms with Crippen molar-refractivity contribution < 1.29 is 4.79 Å². The number of benzene rings is 1. The Morgan fingerprint density at radius 3 is 2.82 bits per heavy atom. The molecule has 2 rings (SSSR count). The Balaban J connectivity index is 2.50. The molecular weight excluding hydrogens is 216 g/mol. The van der Waals surface area contributed by atoms with Crippen molar-refractivity contribution in [3.05, 3.63) is 34.2 Å². The molecule has 0 fully saturated rings. The van der Waals surface area contributed by atoms with E-state index in [0.29, 0.717) is 12.8 Å². The molecule has 4 nitrogen and oxygen atoms in total. The zero-order valence-corrected chi connectivity index (χ0v) is 10.1. The summed E-state index contributed by atoms with van der Waals surface area (Å²) in [7, 11) is 0. The summed E-state index contributed by atoms with van der Waals surface area (Å²) in [6.45, 7) is 3.96. The van der Waals surface area contributed by atoms with Gasteiger partial charge in [0, 0.05) is 12.5 Å². The second-order valence-corrected chi connectivity index (χ2v) is 4.45. The van der Waals surface area contributed by atoms with Gasteiger partial charge in [-0.05, 0) is 38.0 Å². The van der Waals surface area contributed by atoms with Crippen LogP contribution in [0.15, 0.2) is 23.0 Å². The maximum atomic E-state index is 11.8. The largest absolute Gasteiger partial charge is 0.326 e. The van der Waals surface area contributed by atoms with E-state index in [1.807, 2.05) is 32.0 Å². The summed E-state index contributed by atoms with van der Waals surface area (Å²) in [4.78, 5) is 24.9. The molecule has 1 heterocycles. The second kappa shape index (κ2) is 4.57. The molecule has 1 aromatic carbocycles. The van der Waals surface area contributed by atoms with Crippen molar-refractivity contribution in [1.82, 2.24) is 9.55 Å². The predicted molar refractivity (Wildman–Crippen MR) is 67.3 cm³/mol. The molecule has 0 aliphatic rings. The monoisotopic (exact) mass is 232 g/mol. The van der Waals surface area contributed by atoms with E-state index in [1.54, 1.807) is 4.57 Å². The van der Waals surface area contributed by atoms with Gasteiger partial charge in [-0.15, -0.1) is 0 Å². The predicted octanol–water partition coefficient (Wildman–Crippen LogP) is 2.04. The van der Waals surface area contributed by atoms with E-state index in [0.717, 1.165) is 22.9 Å². The highest BCUT2D eigenvalue weighted by Gasteiger charge is 2.09. The third-order valence-corrected chi connectivity index (χ3v) is 2.85. The van der Waals surface area contributed by atoms with Gasteiger partial charge in [-0.2, -0.15) is 0 Å². The molecule has 0 saturated heterocycles. The Morgan fingerprint density at radius 1 is 1.41 bits per heavy atom. The molecule has 17 heavy (non-hydrogen) atoms. The third-order valence-electron chi connectivity index (χ3n) is 2.85. The first-order chi connectivity index (χ1) is 8.13. The third kappa shape index (κ3) is 2.16. The van der Waals surface area contributed by atoms with Crippen LogP contribution in [0.4, 0.5) is 0 Å². The molecule has 0 aliphatic heterocycles. The molecule has 0 saturated carbocycles. The summed E-state index contributed by atoms with van der Waals surface area (Å²) in [6.07, 6.45) is 2.14. The van der Waals surface area contributed by atoms with Crippen molar-refractivity contribution >= 4 is 17.3 Å². The number of H-pyrrole nitrogens is 1. The van der Waals surface area contributed by atoms with Crippen LogP contribution in [-0.2, 0) is 11.2 Å². The molecule has 1 aromatic heterocycles. The minimum Gasteiger partial charge on any atom is -0.306 e. The van der Waals surface area contributed by atoms with Crippen LogP contribution in [0, 0.1) is 0 Å². The molecule has 0 atom stereocenters. The summed E-state index contributed by atoms with van der Waals surface area (Å²) in [5, 5.41) is 0. The number of aromatic amines is 1. The van der Waals surface area contributed by atoms with Gasteiger partial charge in [0.25, 0.3) is 0 Å². The lowest BCUT2D eigenvalue weighted by atomic mass is 10.1. The minimum absolute atomic E-state index is 0.0810. The van der Waals surface area contributed by atoms with Crippen molar-refractivity contribution in [3.8, 4) is 0 Å². The van der Waals surface area contributed by atoms with Gasteiger partial charge >= 0.3 is 5.69 Å². The first-order valence-electron chi connectivity index (χ1n) is 5.80. The number of hydrogen-bond donors (Lipinski definition) is 1. The minimum atomic E-state index is -0.0810. The van der Waals surface area contributed by atoms with Gasteiger partial charge in [-0.3, -0.25) is 4.57 Å². The van der Waals surface area contributed by atoms with Gasteiger partial charge in [0.2, 0.25) is 0 Å². The number of rotatable bonds is 4. The SMILES string of the molecule is CC(C)n1c(=O)[nH]c2cc(CCC=O)ccc21. The molecule has 0 radical (unpaired) electrons. The lowest BCUT2D eigenvalue weighted by Gasteiger charge is -2.06. The first kappa shape index (κ1) is 11.6. The summed E-state index contributed by atoms with van der Waals surface area (Å²) in [5.41, 5.74) is 2.75. The highest BCUT2D eigenvalue weighted by Crippen LogP contribution is 2.16. The van der Waals surface area contributed by atoms with E-state index < -0.39 is 0 Å². The number of aromatic nitrogens is 2. The normalized spacial score (nSPS) is 11.2. The first-order valence-corrected chi connectivity index (χ1v) is 5.80. The number of nitrogens with one attached hydrogen (secondary N) is 1. The van der Waals surface area contributed by atoms with Crippen LogP contribution in [0.25, 0.3) is 11.0 Å². The lowest BCUT2D eigenvalue weighted by molar-refractivity contribution is -0.107. The molecule has 0 spiro atoms. The molecule has 0 aliphatic carbocycles. The summed E-state index contributed by atoms with van der Waals surface area (Å²) in [6, 6.07) is 5.99. The second-order valence-electron chi connectivity index (χ2n) is 4.45. The topological polar surface area (TPSA) is 54.9 Å². The Labute approximate surface area is 99.3 Å². The maximum absolute atomic E-state index is 11.8. The highest BCUT2D eigenvalue weighted by atomic mass is 16.1. The standard InChI is InChI=1S/C13H16N2O2/c1-9(2)15-12-6-5-10(4-3-7-16)8-11(12)14-13(15)17/h5-9H,3-4H2,1-2H3,(H,14,17). The number of nitrogens with zero attached hydrogens (tertiary/aromatic N) is 1. The number of imidazole rings is 1. The fourth-order valence-electron chi connectivity index (χ4n) is 2.07. The van der Waals surface area contributed by atoms with Gasteiger partial charge in [0.05, 0.1) is 11.0 Å². The van der Waals surface area contributed by atoms with E-state index in [4.69, 9.17) is 0 Å². The Kier molecular flexibility index (Phi) is 3.13. The maximum Gasteiger partial charge on any atom is 0.326 e. The van der Waals surface area contributed by atoms with E-state index >= 15 is 0 Å². The van der Waals surface area contributed by atoms with Crippen LogP contribution in [0.3, 0.4) is 0 Å². The fourth-order valence-corrected chi connectivity index (χ4v) is 2.07. The van der Waals surface area contributed by atoms with Crippen LogP contribution in [0.5, 0.6) is 0 Å². The molecule has 1 N–H and O–H groups in total.